The van der Waals surface area contributed by atoms with Gasteiger partial charge >= 0.3 is 0 Å². The molecule has 2 aromatic rings. The Hall–Kier alpha value is -2.32. The molecule has 2 amide bonds. The van der Waals surface area contributed by atoms with Gasteiger partial charge in [-0.15, -0.1) is 10.2 Å². The summed E-state index contributed by atoms with van der Waals surface area (Å²) < 4.78 is 5.22. The summed E-state index contributed by atoms with van der Waals surface area (Å²) in [7, 11) is 0. The number of aromatic nitrogens is 2. The largest absolute Gasteiger partial charge is 0.382 e. The molecule has 0 spiro atoms. The van der Waals surface area contributed by atoms with Crippen LogP contribution in [0.1, 0.15) is 38.5 Å². The van der Waals surface area contributed by atoms with Crippen LogP contribution in [0, 0.1) is 6.92 Å². The Labute approximate surface area is 144 Å². The number of carbonyl (C=O) groups excluding carboxylic acids is 2. The van der Waals surface area contributed by atoms with Crippen LogP contribution < -0.4 is 10.6 Å². The lowest BCUT2D eigenvalue weighted by Crippen LogP contribution is -2.25. The van der Waals surface area contributed by atoms with Crippen molar-refractivity contribution in [2.75, 3.05) is 25.1 Å². The standard InChI is InChI=1S/C16H20N4O3S/c1-3-23-9-5-8-17-14(21)12-6-4-7-13(10-12)18-15(22)16-20-19-11(2)24-16/h4,6-7,10H,3,5,8-9H2,1-2H3,(H,17,21)(H,18,22). The van der Waals surface area contributed by atoms with Crippen molar-refractivity contribution in [2.45, 2.75) is 20.3 Å². The Morgan fingerprint density at radius 1 is 1.25 bits per heavy atom. The third-order valence-electron chi connectivity index (χ3n) is 3.06. The first-order valence-electron chi connectivity index (χ1n) is 7.67. The number of nitrogens with zero attached hydrogens (tertiary/aromatic N) is 2. The van der Waals surface area contributed by atoms with Crippen LogP contribution in [0.15, 0.2) is 24.3 Å². The zero-order chi connectivity index (χ0) is 17.4. The van der Waals surface area contributed by atoms with Gasteiger partial charge < -0.3 is 15.4 Å². The van der Waals surface area contributed by atoms with Crippen molar-refractivity contribution >= 4 is 28.8 Å². The third kappa shape index (κ3) is 5.39. The van der Waals surface area contributed by atoms with Gasteiger partial charge in [0.15, 0.2) is 0 Å². The maximum atomic E-state index is 12.1. The summed E-state index contributed by atoms with van der Waals surface area (Å²) in [5.41, 5.74) is 1.02. The Morgan fingerprint density at radius 2 is 2.08 bits per heavy atom. The van der Waals surface area contributed by atoms with Gasteiger partial charge in [-0.05, 0) is 38.5 Å². The minimum atomic E-state index is -0.338. The smallest absolute Gasteiger partial charge is 0.286 e. The fourth-order valence-electron chi connectivity index (χ4n) is 1.93. The molecule has 0 aliphatic heterocycles. The molecule has 128 valence electrons. The number of rotatable bonds is 8. The lowest BCUT2D eigenvalue weighted by molar-refractivity contribution is 0.0943. The van der Waals surface area contributed by atoms with Crippen LogP contribution >= 0.6 is 11.3 Å². The molecule has 7 nitrogen and oxygen atoms in total. The summed E-state index contributed by atoms with van der Waals surface area (Å²) in [5.74, 6) is -0.524. The fourth-order valence-corrected chi connectivity index (χ4v) is 2.52. The van der Waals surface area contributed by atoms with Crippen LogP contribution in [0.25, 0.3) is 0 Å². The molecule has 8 heteroatoms. The van der Waals surface area contributed by atoms with Gasteiger partial charge in [-0.25, -0.2) is 0 Å². The predicted octanol–water partition coefficient (Wildman–Crippen LogP) is 2.26. The first kappa shape index (κ1) is 18.0. The van der Waals surface area contributed by atoms with Gasteiger partial charge in [0, 0.05) is 31.0 Å². The van der Waals surface area contributed by atoms with E-state index in [0.717, 1.165) is 11.4 Å². The van der Waals surface area contributed by atoms with Crippen LogP contribution in [0.5, 0.6) is 0 Å². The van der Waals surface area contributed by atoms with Crippen molar-refractivity contribution in [3.05, 3.63) is 39.8 Å². The lowest BCUT2D eigenvalue weighted by atomic mass is 10.2. The van der Waals surface area contributed by atoms with Gasteiger partial charge in [0.05, 0.1) is 0 Å². The number of carbonyl (C=O) groups is 2. The molecule has 0 aliphatic rings. The fraction of sp³-hybridized carbons (Fsp3) is 0.375. The predicted molar refractivity (Wildman–Crippen MR) is 92.5 cm³/mol. The zero-order valence-corrected chi connectivity index (χ0v) is 14.5. The van der Waals surface area contributed by atoms with Crippen molar-refractivity contribution in [2.24, 2.45) is 0 Å². The molecule has 0 saturated carbocycles. The van der Waals surface area contributed by atoms with Crippen LogP contribution in [0.4, 0.5) is 5.69 Å². The van der Waals surface area contributed by atoms with Gasteiger partial charge in [0.25, 0.3) is 11.8 Å². The summed E-state index contributed by atoms with van der Waals surface area (Å²) in [6.07, 6.45) is 0.756. The quantitative estimate of drug-likeness (QED) is 0.714. The van der Waals surface area contributed by atoms with E-state index in [1.807, 2.05) is 6.92 Å². The summed E-state index contributed by atoms with van der Waals surface area (Å²) in [6.45, 7) is 5.55. The molecular formula is C16H20N4O3S. The van der Waals surface area contributed by atoms with E-state index >= 15 is 0 Å². The molecule has 0 fully saturated rings. The Bertz CT molecular complexity index is 702. The minimum Gasteiger partial charge on any atom is -0.382 e. The monoisotopic (exact) mass is 348 g/mol. The normalized spacial score (nSPS) is 10.4. The highest BCUT2D eigenvalue weighted by molar-refractivity contribution is 7.13. The zero-order valence-electron chi connectivity index (χ0n) is 13.7. The molecule has 0 saturated heterocycles. The summed E-state index contributed by atoms with van der Waals surface area (Å²) in [4.78, 5) is 24.2. The van der Waals surface area contributed by atoms with E-state index in [0.29, 0.717) is 36.0 Å². The Morgan fingerprint density at radius 3 is 2.79 bits per heavy atom. The van der Waals surface area contributed by atoms with E-state index in [1.54, 1.807) is 31.2 Å². The van der Waals surface area contributed by atoms with Crippen LogP contribution in [0.3, 0.4) is 0 Å². The van der Waals surface area contributed by atoms with Crippen molar-refractivity contribution in [1.29, 1.82) is 0 Å². The van der Waals surface area contributed by atoms with E-state index in [-0.39, 0.29) is 11.8 Å². The summed E-state index contributed by atoms with van der Waals surface area (Å²) in [5, 5.41) is 14.2. The molecular weight excluding hydrogens is 328 g/mol. The molecule has 1 heterocycles. The van der Waals surface area contributed by atoms with E-state index in [4.69, 9.17) is 4.74 Å². The molecule has 0 atom stereocenters. The highest BCUT2D eigenvalue weighted by Gasteiger charge is 2.12. The second-order valence-electron chi connectivity index (χ2n) is 4.97. The third-order valence-corrected chi connectivity index (χ3v) is 3.90. The molecule has 2 rings (SSSR count). The maximum Gasteiger partial charge on any atom is 0.286 e. The number of benzene rings is 1. The summed E-state index contributed by atoms with van der Waals surface area (Å²) in [6, 6.07) is 6.76. The number of anilines is 1. The highest BCUT2D eigenvalue weighted by Crippen LogP contribution is 2.14. The molecule has 2 N–H and O–H groups in total. The number of amides is 2. The summed E-state index contributed by atoms with van der Waals surface area (Å²) >= 11 is 1.22. The molecule has 1 aromatic carbocycles. The van der Waals surface area contributed by atoms with Gasteiger partial charge in [0.1, 0.15) is 5.01 Å². The molecule has 1 aromatic heterocycles. The lowest BCUT2D eigenvalue weighted by Gasteiger charge is -2.07. The number of nitrogens with one attached hydrogen (secondary N) is 2. The molecule has 0 bridgehead atoms. The van der Waals surface area contributed by atoms with E-state index in [1.165, 1.54) is 11.3 Å². The molecule has 24 heavy (non-hydrogen) atoms. The molecule has 0 aliphatic carbocycles. The highest BCUT2D eigenvalue weighted by atomic mass is 32.1. The van der Waals surface area contributed by atoms with Crippen LogP contribution in [0.2, 0.25) is 0 Å². The number of ether oxygens (including phenoxy) is 1. The van der Waals surface area contributed by atoms with E-state index < -0.39 is 0 Å². The average molecular weight is 348 g/mol. The SMILES string of the molecule is CCOCCCNC(=O)c1cccc(NC(=O)c2nnc(C)s2)c1. The average Bonchev–Trinajstić information content (AvgIpc) is 3.01. The minimum absolute atomic E-state index is 0.186. The van der Waals surface area contributed by atoms with Gasteiger partial charge in [0.2, 0.25) is 5.01 Å². The first-order chi connectivity index (χ1) is 11.6. The van der Waals surface area contributed by atoms with Crippen LogP contribution in [-0.2, 0) is 4.74 Å². The van der Waals surface area contributed by atoms with Crippen molar-refractivity contribution in [3.63, 3.8) is 0 Å². The number of hydrogen-bond donors (Lipinski definition) is 2. The van der Waals surface area contributed by atoms with Crippen molar-refractivity contribution in [3.8, 4) is 0 Å². The van der Waals surface area contributed by atoms with Crippen LogP contribution in [-0.4, -0.2) is 41.8 Å². The van der Waals surface area contributed by atoms with Crippen molar-refractivity contribution < 1.29 is 14.3 Å². The van der Waals surface area contributed by atoms with E-state index in [9.17, 15) is 9.59 Å². The van der Waals surface area contributed by atoms with Gasteiger partial charge in [-0.3, -0.25) is 9.59 Å². The van der Waals surface area contributed by atoms with E-state index in [2.05, 4.69) is 20.8 Å². The number of hydrogen-bond acceptors (Lipinski definition) is 6. The Balaban J connectivity index is 1.90. The van der Waals surface area contributed by atoms with Crippen molar-refractivity contribution in [1.82, 2.24) is 15.5 Å². The van der Waals surface area contributed by atoms with Gasteiger partial charge in [-0.2, -0.15) is 0 Å². The molecule has 0 unspecified atom stereocenters. The maximum absolute atomic E-state index is 12.1. The van der Waals surface area contributed by atoms with Gasteiger partial charge in [-0.1, -0.05) is 17.4 Å². The molecule has 0 radical (unpaired) electrons. The second-order valence-corrected chi connectivity index (χ2v) is 6.15. The first-order valence-corrected chi connectivity index (χ1v) is 8.49. The second kappa shape index (κ2) is 9.09. The Kier molecular flexibility index (Phi) is 6.83. The topological polar surface area (TPSA) is 93.2 Å². The number of aryl methyl sites for hydroxylation is 1.